The molecule has 7 heteroatoms. The molecule has 0 heterocycles. The molecule has 0 radical (unpaired) electrons. The second-order valence-corrected chi connectivity index (χ2v) is 8.47. The van der Waals surface area contributed by atoms with Crippen LogP contribution in [0.2, 0.25) is 0 Å². The third kappa shape index (κ3) is 6.44. The van der Waals surface area contributed by atoms with Crippen molar-refractivity contribution >= 4 is 21.8 Å². The van der Waals surface area contributed by atoms with Gasteiger partial charge in [-0.2, -0.15) is 0 Å². The van der Waals surface area contributed by atoms with Gasteiger partial charge in [0.1, 0.15) is 5.60 Å². The Balaban J connectivity index is 2.59. The Labute approximate surface area is 132 Å². The third-order valence-electron chi connectivity index (χ3n) is 2.80. The quantitative estimate of drug-likeness (QED) is 0.901. The van der Waals surface area contributed by atoms with Gasteiger partial charge < -0.3 is 4.74 Å². The summed E-state index contributed by atoms with van der Waals surface area (Å²) in [4.78, 5) is 11.6. The number of ether oxygens (including phenoxy) is 1. The predicted molar refractivity (Wildman–Crippen MR) is 87.5 cm³/mol. The molecule has 1 aromatic carbocycles. The van der Waals surface area contributed by atoms with Crippen LogP contribution in [0.4, 0.5) is 10.5 Å². The number of hydrogen-bond acceptors (Lipinski definition) is 4. The van der Waals surface area contributed by atoms with Crippen molar-refractivity contribution in [3.05, 3.63) is 29.8 Å². The molecular weight excluding hydrogens is 304 g/mol. The van der Waals surface area contributed by atoms with E-state index in [9.17, 15) is 13.2 Å². The monoisotopic (exact) mass is 328 g/mol. The Kier molecular flexibility index (Phi) is 5.96. The van der Waals surface area contributed by atoms with Crippen molar-refractivity contribution in [1.82, 2.24) is 4.31 Å². The van der Waals surface area contributed by atoms with Crippen LogP contribution in [0.1, 0.15) is 26.3 Å². The molecule has 6 nitrogen and oxygen atoms in total. The fourth-order valence-corrected chi connectivity index (χ4v) is 2.46. The molecule has 0 fully saturated rings. The van der Waals surface area contributed by atoms with Gasteiger partial charge in [0.05, 0.1) is 5.75 Å². The number of nitrogens with zero attached hydrogens (tertiary/aromatic N) is 1. The minimum Gasteiger partial charge on any atom is -0.444 e. The van der Waals surface area contributed by atoms with Crippen LogP contribution in [0, 0.1) is 0 Å². The van der Waals surface area contributed by atoms with E-state index < -0.39 is 21.7 Å². The van der Waals surface area contributed by atoms with Gasteiger partial charge in [-0.3, -0.25) is 5.32 Å². The van der Waals surface area contributed by atoms with Gasteiger partial charge in [0, 0.05) is 19.8 Å². The van der Waals surface area contributed by atoms with Gasteiger partial charge in [0.25, 0.3) is 0 Å². The molecule has 1 amide bonds. The lowest BCUT2D eigenvalue weighted by molar-refractivity contribution is 0.0636. The molecule has 1 rings (SSSR count). The van der Waals surface area contributed by atoms with Gasteiger partial charge in [0.15, 0.2) is 0 Å². The van der Waals surface area contributed by atoms with Crippen molar-refractivity contribution in [3.8, 4) is 0 Å². The summed E-state index contributed by atoms with van der Waals surface area (Å²) in [6.07, 6.45) is -0.0943. The number of anilines is 1. The molecule has 0 aliphatic rings. The van der Waals surface area contributed by atoms with Crippen LogP contribution in [0.15, 0.2) is 24.3 Å². The standard InChI is InChI=1S/C15H24N2O4S/c1-15(2,3)21-14(18)16-13-8-6-12(7-9-13)10-11-22(19,20)17(4)5/h6-9H,10-11H2,1-5H3,(H,16,18). The normalized spacial score (nSPS) is 12.3. The second-order valence-electron chi connectivity index (χ2n) is 6.17. The molecule has 124 valence electrons. The van der Waals surface area contributed by atoms with Crippen LogP contribution >= 0.6 is 0 Å². The van der Waals surface area contributed by atoms with Crippen molar-refractivity contribution in [2.75, 3.05) is 25.2 Å². The summed E-state index contributed by atoms with van der Waals surface area (Å²) in [7, 11) is -0.168. The Morgan fingerprint density at radius 3 is 2.18 bits per heavy atom. The minimum atomic E-state index is -3.20. The molecule has 0 spiro atoms. The number of aryl methyl sites for hydroxylation is 1. The molecule has 0 atom stereocenters. The molecule has 0 bridgehead atoms. The lowest BCUT2D eigenvalue weighted by Crippen LogP contribution is -2.27. The maximum absolute atomic E-state index is 11.7. The topological polar surface area (TPSA) is 75.7 Å². The Bertz CT molecular complexity index is 601. The van der Waals surface area contributed by atoms with E-state index in [4.69, 9.17) is 4.74 Å². The van der Waals surface area contributed by atoms with Gasteiger partial charge in [-0.05, 0) is 44.9 Å². The van der Waals surface area contributed by atoms with Crippen molar-refractivity contribution in [2.45, 2.75) is 32.8 Å². The van der Waals surface area contributed by atoms with E-state index in [0.717, 1.165) is 5.56 Å². The summed E-state index contributed by atoms with van der Waals surface area (Å²) in [5.41, 5.74) is 0.943. The number of rotatable bonds is 5. The molecule has 0 aliphatic carbocycles. The number of hydrogen-bond donors (Lipinski definition) is 1. The highest BCUT2D eigenvalue weighted by Gasteiger charge is 2.16. The van der Waals surface area contributed by atoms with Gasteiger partial charge >= 0.3 is 6.09 Å². The van der Waals surface area contributed by atoms with Gasteiger partial charge in [-0.1, -0.05) is 12.1 Å². The third-order valence-corrected chi connectivity index (χ3v) is 4.64. The summed E-state index contributed by atoms with van der Waals surface area (Å²) in [6.45, 7) is 5.38. The van der Waals surface area contributed by atoms with Crippen LogP contribution in [-0.4, -0.2) is 44.3 Å². The average molecular weight is 328 g/mol. The Hall–Kier alpha value is -1.60. The fraction of sp³-hybridized carbons (Fsp3) is 0.533. The fourth-order valence-electron chi connectivity index (χ4n) is 1.61. The molecule has 0 saturated carbocycles. The van der Waals surface area contributed by atoms with E-state index in [1.807, 2.05) is 0 Å². The Morgan fingerprint density at radius 1 is 1.18 bits per heavy atom. The minimum absolute atomic E-state index is 0.0544. The van der Waals surface area contributed by atoms with Gasteiger partial charge in [0.2, 0.25) is 10.0 Å². The predicted octanol–water partition coefficient (Wildman–Crippen LogP) is 2.47. The maximum atomic E-state index is 11.7. The van der Waals surface area contributed by atoms with Crippen LogP contribution in [-0.2, 0) is 21.2 Å². The first-order valence-corrected chi connectivity index (χ1v) is 8.60. The second kappa shape index (κ2) is 7.11. The lowest BCUT2D eigenvalue weighted by atomic mass is 10.1. The van der Waals surface area contributed by atoms with E-state index in [1.54, 1.807) is 45.0 Å². The SMILES string of the molecule is CN(C)S(=O)(=O)CCc1ccc(NC(=O)OC(C)(C)C)cc1. The Morgan fingerprint density at radius 2 is 1.73 bits per heavy atom. The highest BCUT2D eigenvalue weighted by Crippen LogP contribution is 2.14. The van der Waals surface area contributed by atoms with Gasteiger partial charge in [-0.25, -0.2) is 17.5 Å². The number of sulfonamides is 1. The summed E-state index contributed by atoms with van der Waals surface area (Å²) in [6, 6.07) is 7.03. The van der Waals surface area contributed by atoms with E-state index >= 15 is 0 Å². The molecule has 0 unspecified atom stereocenters. The number of carbonyl (C=O) groups excluding carboxylic acids is 1. The number of amides is 1. The zero-order valence-corrected chi connectivity index (χ0v) is 14.5. The van der Waals surface area contributed by atoms with Gasteiger partial charge in [-0.15, -0.1) is 0 Å². The largest absolute Gasteiger partial charge is 0.444 e. The first kappa shape index (κ1) is 18.4. The van der Waals surface area contributed by atoms with E-state index in [0.29, 0.717) is 12.1 Å². The highest BCUT2D eigenvalue weighted by atomic mass is 32.2. The lowest BCUT2D eigenvalue weighted by Gasteiger charge is -2.19. The molecule has 0 aromatic heterocycles. The zero-order valence-electron chi connectivity index (χ0n) is 13.7. The number of carbonyl (C=O) groups is 1. The van der Waals surface area contributed by atoms with E-state index in [2.05, 4.69) is 5.32 Å². The zero-order chi connectivity index (χ0) is 17.0. The smallest absolute Gasteiger partial charge is 0.412 e. The molecule has 1 N–H and O–H groups in total. The van der Waals surface area contributed by atoms with Crippen molar-refractivity contribution < 1.29 is 17.9 Å². The molecule has 1 aromatic rings. The van der Waals surface area contributed by atoms with E-state index in [-0.39, 0.29) is 5.75 Å². The molecule has 0 saturated heterocycles. The maximum Gasteiger partial charge on any atom is 0.412 e. The van der Waals surface area contributed by atoms with Crippen molar-refractivity contribution in [2.24, 2.45) is 0 Å². The van der Waals surface area contributed by atoms with Crippen molar-refractivity contribution in [3.63, 3.8) is 0 Å². The average Bonchev–Trinajstić information content (AvgIpc) is 2.35. The highest BCUT2D eigenvalue weighted by molar-refractivity contribution is 7.89. The van der Waals surface area contributed by atoms with Crippen LogP contribution in [0.25, 0.3) is 0 Å². The number of benzene rings is 1. The molecule has 0 aliphatic heterocycles. The molecule has 22 heavy (non-hydrogen) atoms. The first-order valence-electron chi connectivity index (χ1n) is 6.99. The van der Waals surface area contributed by atoms with Crippen molar-refractivity contribution in [1.29, 1.82) is 0 Å². The summed E-state index contributed by atoms with van der Waals surface area (Å²) < 4.78 is 29.8. The van der Waals surface area contributed by atoms with Crippen LogP contribution < -0.4 is 5.32 Å². The summed E-state index contributed by atoms with van der Waals surface area (Å²) in [5.74, 6) is 0.0544. The summed E-state index contributed by atoms with van der Waals surface area (Å²) in [5, 5.41) is 2.63. The van der Waals surface area contributed by atoms with Crippen LogP contribution in [0.3, 0.4) is 0 Å². The first-order chi connectivity index (χ1) is 9.99. The number of nitrogens with one attached hydrogen (secondary N) is 1. The van der Waals surface area contributed by atoms with Crippen LogP contribution in [0.5, 0.6) is 0 Å². The summed E-state index contributed by atoms with van der Waals surface area (Å²) >= 11 is 0. The van der Waals surface area contributed by atoms with E-state index in [1.165, 1.54) is 18.4 Å². The molecular formula is C15H24N2O4S.